The third kappa shape index (κ3) is 6.35. The van der Waals surface area contributed by atoms with Crippen LogP contribution < -0.4 is 20.3 Å². The molecule has 222 valence electrons. The number of Topliss-reactive ketones (excluding diaryl/α,β-unsaturated/α-hetero) is 1. The number of furan rings is 1. The molecule has 2 aliphatic rings. The SMILES string of the molecule is COc1ccc(N2CCC(NC(=O)C3(NC(=O)c4ccco4)CCCCC3)C(=O)C2)c(S(=O)(=O)Cc2ccccc2)c1. The molecule has 2 aromatic carbocycles. The van der Waals surface area contributed by atoms with Crippen LogP contribution >= 0.6 is 0 Å². The first-order valence-electron chi connectivity index (χ1n) is 14.1. The van der Waals surface area contributed by atoms with Crippen molar-refractivity contribution in [3.05, 3.63) is 78.3 Å². The first kappa shape index (κ1) is 29.4. The van der Waals surface area contributed by atoms with E-state index in [1.165, 1.54) is 25.5 Å². The van der Waals surface area contributed by atoms with Gasteiger partial charge in [-0.2, -0.15) is 0 Å². The minimum Gasteiger partial charge on any atom is -0.497 e. The highest BCUT2D eigenvalue weighted by Gasteiger charge is 2.43. The first-order chi connectivity index (χ1) is 20.2. The minimum atomic E-state index is -3.78. The normalized spacial score (nSPS) is 18.7. The predicted molar refractivity (Wildman–Crippen MR) is 156 cm³/mol. The van der Waals surface area contributed by atoms with E-state index in [1.807, 2.05) is 6.07 Å². The zero-order valence-corrected chi connectivity index (χ0v) is 24.3. The summed E-state index contributed by atoms with van der Waals surface area (Å²) in [5, 5.41) is 5.78. The summed E-state index contributed by atoms with van der Waals surface area (Å²) < 4.78 is 37.6. The Labute approximate surface area is 245 Å². The van der Waals surface area contributed by atoms with Gasteiger partial charge in [-0.1, -0.05) is 49.6 Å². The van der Waals surface area contributed by atoms with E-state index in [0.29, 0.717) is 36.4 Å². The van der Waals surface area contributed by atoms with Crippen molar-refractivity contribution in [3.63, 3.8) is 0 Å². The molecule has 2 N–H and O–H groups in total. The first-order valence-corrected chi connectivity index (χ1v) is 15.8. The van der Waals surface area contributed by atoms with E-state index >= 15 is 0 Å². The molecule has 1 saturated carbocycles. The maximum absolute atomic E-state index is 13.6. The third-order valence-electron chi connectivity index (χ3n) is 8.01. The Morgan fingerprint density at radius 2 is 1.81 bits per heavy atom. The van der Waals surface area contributed by atoms with E-state index in [9.17, 15) is 22.8 Å². The molecule has 1 unspecified atom stereocenters. The molecule has 1 saturated heterocycles. The lowest BCUT2D eigenvalue weighted by Crippen LogP contribution is -2.63. The Hall–Kier alpha value is -4.12. The number of hydrogen-bond donors (Lipinski definition) is 2. The van der Waals surface area contributed by atoms with Crippen molar-refractivity contribution >= 4 is 33.1 Å². The van der Waals surface area contributed by atoms with Gasteiger partial charge in [-0.25, -0.2) is 8.42 Å². The fourth-order valence-corrected chi connectivity index (χ4v) is 7.33. The van der Waals surface area contributed by atoms with Gasteiger partial charge in [0.15, 0.2) is 21.4 Å². The number of benzene rings is 2. The Bertz CT molecular complexity index is 1530. The van der Waals surface area contributed by atoms with Crippen LogP contribution in [0.4, 0.5) is 5.69 Å². The van der Waals surface area contributed by atoms with E-state index in [1.54, 1.807) is 47.4 Å². The second-order valence-electron chi connectivity index (χ2n) is 10.9. The number of sulfone groups is 1. The quantitative estimate of drug-likeness (QED) is 0.384. The largest absolute Gasteiger partial charge is 0.497 e. The van der Waals surface area contributed by atoms with Crippen LogP contribution in [0.5, 0.6) is 5.75 Å². The fourth-order valence-electron chi connectivity index (χ4n) is 5.73. The number of methoxy groups -OCH3 is 1. The topological polar surface area (TPSA) is 135 Å². The van der Waals surface area contributed by atoms with Gasteiger partial charge in [0.1, 0.15) is 11.3 Å². The number of piperidine rings is 1. The molecule has 2 fully saturated rings. The van der Waals surface area contributed by atoms with E-state index in [-0.39, 0.29) is 41.1 Å². The van der Waals surface area contributed by atoms with Crippen LogP contribution in [-0.4, -0.2) is 57.8 Å². The molecule has 11 heteroatoms. The van der Waals surface area contributed by atoms with Crippen LogP contribution in [0.1, 0.15) is 54.6 Å². The van der Waals surface area contributed by atoms with Gasteiger partial charge in [0.05, 0.1) is 42.3 Å². The van der Waals surface area contributed by atoms with Crippen LogP contribution in [0.15, 0.2) is 76.2 Å². The van der Waals surface area contributed by atoms with Crippen molar-refractivity contribution < 1.29 is 32.0 Å². The number of carbonyl (C=O) groups excluding carboxylic acids is 3. The molecule has 0 spiro atoms. The van der Waals surface area contributed by atoms with E-state index < -0.39 is 27.3 Å². The minimum absolute atomic E-state index is 0.0725. The summed E-state index contributed by atoms with van der Waals surface area (Å²) in [4.78, 5) is 41.6. The fraction of sp³-hybridized carbons (Fsp3) is 0.387. The molecule has 3 aromatic rings. The number of nitrogens with one attached hydrogen (secondary N) is 2. The Morgan fingerprint density at radius 1 is 1.05 bits per heavy atom. The number of rotatable bonds is 9. The number of ketones is 1. The molecule has 1 aliphatic carbocycles. The van der Waals surface area contributed by atoms with Crippen molar-refractivity contribution in [3.8, 4) is 5.75 Å². The van der Waals surface area contributed by atoms with Crippen molar-refractivity contribution in [2.75, 3.05) is 25.1 Å². The molecule has 2 amide bonds. The molecule has 0 bridgehead atoms. The smallest absolute Gasteiger partial charge is 0.287 e. The van der Waals surface area contributed by atoms with Gasteiger partial charge in [0.25, 0.3) is 5.91 Å². The molecule has 1 atom stereocenters. The summed E-state index contributed by atoms with van der Waals surface area (Å²) in [6.07, 6.45) is 5.12. The number of hydrogen-bond acceptors (Lipinski definition) is 8. The summed E-state index contributed by atoms with van der Waals surface area (Å²) >= 11 is 0. The van der Waals surface area contributed by atoms with Crippen LogP contribution in [0.25, 0.3) is 0 Å². The predicted octanol–water partition coefficient (Wildman–Crippen LogP) is 3.66. The average Bonchev–Trinajstić information content (AvgIpc) is 3.54. The number of ether oxygens (including phenoxy) is 1. The van der Waals surface area contributed by atoms with Gasteiger partial charge in [-0.3, -0.25) is 14.4 Å². The van der Waals surface area contributed by atoms with E-state index in [0.717, 1.165) is 19.3 Å². The summed E-state index contributed by atoms with van der Waals surface area (Å²) in [5.41, 5.74) is -0.0624. The van der Waals surface area contributed by atoms with Crippen LogP contribution in [0, 0.1) is 0 Å². The Kier molecular flexibility index (Phi) is 8.67. The van der Waals surface area contributed by atoms with Crippen LogP contribution in [-0.2, 0) is 25.2 Å². The van der Waals surface area contributed by atoms with Crippen molar-refractivity contribution in [2.45, 2.75) is 60.8 Å². The molecule has 5 rings (SSSR count). The zero-order valence-electron chi connectivity index (χ0n) is 23.5. The highest BCUT2D eigenvalue weighted by molar-refractivity contribution is 7.90. The third-order valence-corrected chi connectivity index (χ3v) is 9.72. The number of amides is 2. The van der Waals surface area contributed by atoms with Gasteiger partial charge in [-0.15, -0.1) is 0 Å². The second kappa shape index (κ2) is 12.4. The van der Waals surface area contributed by atoms with E-state index in [2.05, 4.69) is 10.6 Å². The highest BCUT2D eigenvalue weighted by Crippen LogP contribution is 2.34. The molecule has 1 aliphatic heterocycles. The summed E-state index contributed by atoms with van der Waals surface area (Å²) in [6.45, 7) is 0.277. The summed E-state index contributed by atoms with van der Waals surface area (Å²) in [5.74, 6) is -0.769. The molecular weight excluding hydrogens is 558 g/mol. The molecule has 42 heavy (non-hydrogen) atoms. The lowest BCUT2D eigenvalue weighted by atomic mass is 9.80. The summed E-state index contributed by atoms with van der Waals surface area (Å²) in [7, 11) is -2.31. The molecule has 10 nitrogen and oxygen atoms in total. The molecule has 2 heterocycles. The maximum Gasteiger partial charge on any atom is 0.287 e. The van der Waals surface area contributed by atoms with Crippen molar-refractivity contribution in [1.29, 1.82) is 0 Å². The van der Waals surface area contributed by atoms with Gasteiger partial charge < -0.3 is 24.7 Å². The molecular formula is C31H35N3O7S. The van der Waals surface area contributed by atoms with Gasteiger partial charge in [0, 0.05) is 12.6 Å². The Balaban J connectivity index is 1.31. The van der Waals surface area contributed by atoms with E-state index in [4.69, 9.17) is 9.15 Å². The van der Waals surface area contributed by atoms with Gasteiger partial charge >= 0.3 is 0 Å². The van der Waals surface area contributed by atoms with Gasteiger partial charge in [0.2, 0.25) is 5.91 Å². The molecule has 0 radical (unpaired) electrons. The second-order valence-corrected chi connectivity index (χ2v) is 12.8. The Morgan fingerprint density at radius 3 is 2.48 bits per heavy atom. The number of nitrogens with zero attached hydrogens (tertiary/aromatic N) is 1. The highest BCUT2D eigenvalue weighted by atomic mass is 32.2. The monoisotopic (exact) mass is 593 g/mol. The standard InChI is InChI=1S/C31H35N3O7S/c1-40-23-12-13-25(28(19-23)42(38,39)21-22-9-4-2-5-10-22)34-17-14-24(26(35)20-34)32-30(37)31(15-6-3-7-16-31)33-29(36)27-11-8-18-41-27/h2,4-5,8-13,18-19,24H,3,6-7,14-17,20-21H2,1H3,(H,32,37)(H,33,36). The lowest BCUT2D eigenvalue weighted by molar-refractivity contribution is -0.133. The summed E-state index contributed by atoms with van der Waals surface area (Å²) in [6, 6.07) is 16.1. The molecule has 1 aromatic heterocycles. The van der Waals surface area contributed by atoms with Crippen LogP contribution in [0.3, 0.4) is 0 Å². The zero-order chi connectivity index (χ0) is 29.7. The van der Waals surface area contributed by atoms with Crippen molar-refractivity contribution in [2.24, 2.45) is 0 Å². The van der Waals surface area contributed by atoms with Crippen LogP contribution in [0.2, 0.25) is 0 Å². The average molecular weight is 594 g/mol. The van der Waals surface area contributed by atoms with Crippen molar-refractivity contribution in [1.82, 2.24) is 10.6 Å². The number of anilines is 1. The van der Waals surface area contributed by atoms with Gasteiger partial charge in [-0.05, 0) is 49.1 Å². The lowest BCUT2D eigenvalue weighted by Gasteiger charge is -2.39. The maximum atomic E-state index is 13.6. The number of carbonyl (C=O) groups is 3.